The topological polar surface area (TPSA) is 33.5 Å². The second kappa shape index (κ2) is 11.1. The Morgan fingerprint density at radius 1 is 1.26 bits per heavy atom. The van der Waals surface area contributed by atoms with Crippen molar-refractivity contribution in [3.05, 3.63) is 46.8 Å². The van der Waals surface area contributed by atoms with Crippen LogP contribution in [0.2, 0.25) is 0 Å². The molecule has 1 unspecified atom stereocenters. The summed E-state index contributed by atoms with van der Waals surface area (Å²) in [6, 6.07) is 8.91. The molecule has 0 amide bonds. The highest BCUT2D eigenvalue weighted by molar-refractivity contribution is 5.28. The third kappa shape index (κ3) is 6.33. The SMILES string of the molecule is CCN(Cc1c(C)nn(C(C)C)c1C)CC1CCCN(CCc2cccc(OC)c2)C1. The minimum Gasteiger partial charge on any atom is -0.497 e. The minimum atomic E-state index is 0.416. The molecular weight excluding hydrogens is 384 g/mol. The molecule has 0 N–H and O–H groups in total. The fourth-order valence-electron chi connectivity index (χ4n) is 4.94. The van der Waals surface area contributed by atoms with Crippen molar-refractivity contribution in [3.8, 4) is 5.75 Å². The second-order valence-corrected chi connectivity index (χ2v) is 9.43. The molecule has 1 aromatic heterocycles. The summed E-state index contributed by atoms with van der Waals surface area (Å²) in [7, 11) is 1.74. The van der Waals surface area contributed by atoms with E-state index in [1.165, 1.54) is 55.0 Å². The fraction of sp³-hybridized carbons (Fsp3) is 0.654. The lowest BCUT2D eigenvalue weighted by molar-refractivity contribution is 0.133. The van der Waals surface area contributed by atoms with E-state index in [2.05, 4.69) is 67.3 Å². The predicted molar refractivity (Wildman–Crippen MR) is 129 cm³/mol. The Balaban J connectivity index is 1.55. The number of likely N-dealkylation sites (tertiary alicyclic amines) is 1. The maximum Gasteiger partial charge on any atom is 0.119 e. The highest BCUT2D eigenvalue weighted by Crippen LogP contribution is 2.23. The molecule has 31 heavy (non-hydrogen) atoms. The van der Waals surface area contributed by atoms with E-state index in [0.717, 1.165) is 37.7 Å². The lowest BCUT2D eigenvalue weighted by atomic mass is 9.96. The maximum absolute atomic E-state index is 5.37. The third-order valence-electron chi connectivity index (χ3n) is 6.76. The number of aryl methyl sites for hydroxylation is 1. The van der Waals surface area contributed by atoms with Crippen LogP contribution in [0.3, 0.4) is 0 Å². The summed E-state index contributed by atoms with van der Waals surface area (Å²) in [5.41, 5.74) is 5.30. The van der Waals surface area contributed by atoms with Gasteiger partial charge in [-0.05, 0) is 83.7 Å². The molecule has 3 rings (SSSR count). The van der Waals surface area contributed by atoms with Gasteiger partial charge in [0.2, 0.25) is 0 Å². The van der Waals surface area contributed by atoms with Crippen LogP contribution in [-0.4, -0.2) is 59.4 Å². The van der Waals surface area contributed by atoms with Crippen LogP contribution in [0.1, 0.15) is 62.2 Å². The molecule has 1 aliphatic rings. The van der Waals surface area contributed by atoms with Crippen LogP contribution in [0.25, 0.3) is 0 Å². The zero-order valence-electron chi connectivity index (χ0n) is 20.5. The van der Waals surface area contributed by atoms with Crippen LogP contribution >= 0.6 is 0 Å². The first-order valence-electron chi connectivity index (χ1n) is 12.0. The Morgan fingerprint density at radius 3 is 2.74 bits per heavy atom. The first-order chi connectivity index (χ1) is 14.9. The smallest absolute Gasteiger partial charge is 0.119 e. The van der Waals surface area contributed by atoms with Gasteiger partial charge in [0.05, 0.1) is 12.8 Å². The van der Waals surface area contributed by atoms with Crippen molar-refractivity contribution in [3.63, 3.8) is 0 Å². The normalized spacial score (nSPS) is 17.6. The maximum atomic E-state index is 5.37. The average Bonchev–Trinajstić information content (AvgIpc) is 3.06. The quantitative estimate of drug-likeness (QED) is 0.543. The zero-order chi connectivity index (χ0) is 22.4. The van der Waals surface area contributed by atoms with E-state index >= 15 is 0 Å². The monoisotopic (exact) mass is 426 g/mol. The van der Waals surface area contributed by atoms with Crippen LogP contribution in [0.15, 0.2) is 24.3 Å². The number of methoxy groups -OCH3 is 1. The number of ether oxygens (including phenoxy) is 1. The van der Waals surface area contributed by atoms with Crippen LogP contribution < -0.4 is 4.74 Å². The number of piperidine rings is 1. The molecular formula is C26H42N4O. The lowest BCUT2D eigenvalue weighted by Crippen LogP contribution is -2.41. The molecule has 1 fully saturated rings. The van der Waals surface area contributed by atoms with E-state index in [0.29, 0.717) is 6.04 Å². The summed E-state index contributed by atoms with van der Waals surface area (Å²) in [4.78, 5) is 5.28. The fourth-order valence-corrected chi connectivity index (χ4v) is 4.94. The van der Waals surface area contributed by atoms with Gasteiger partial charge >= 0.3 is 0 Å². The molecule has 0 radical (unpaired) electrons. The van der Waals surface area contributed by atoms with Crippen LogP contribution in [0, 0.1) is 19.8 Å². The zero-order valence-corrected chi connectivity index (χ0v) is 20.5. The van der Waals surface area contributed by atoms with Crippen molar-refractivity contribution in [2.24, 2.45) is 5.92 Å². The van der Waals surface area contributed by atoms with Gasteiger partial charge in [-0.25, -0.2) is 0 Å². The number of nitrogens with zero attached hydrogens (tertiary/aromatic N) is 4. The molecule has 172 valence electrons. The Labute approximate surface area is 189 Å². The predicted octanol–water partition coefficient (Wildman–Crippen LogP) is 4.87. The molecule has 2 heterocycles. The van der Waals surface area contributed by atoms with Crippen molar-refractivity contribution >= 4 is 0 Å². The first kappa shape index (κ1) is 23.8. The molecule has 5 heteroatoms. The average molecular weight is 427 g/mol. The van der Waals surface area contributed by atoms with Crippen molar-refractivity contribution in [1.29, 1.82) is 0 Å². The summed E-state index contributed by atoms with van der Waals surface area (Å²) in [6.45, 7) is 18.0. The van der Waals surface area contributed by atoms with E-state index in [1.807, 2.05) is 6.07 Å². The third-order valence-corrected chi connectivity index (χ3v) is 6.76. The molecule has 0 spiro atoms. The summed E-state index contributed by atoms with van der Waals surface area (Å²) < 4.78 is 7.55. The van der Waals surface area contributed by atoms with Gasteiger partial charge in [0.25, 0.3) is 0 Å². The first-order valence-corrected chi connectivity index (χ1v) is 12.0. The lowest BCUT2D eigenvalue weighted by Gasteiger charge is -2.35. The number of benzene rings is 1. The number of rotatable bonds is 10. The Morgan fingerprint density at radius 2 is 2.06 bits per heavy atom. The van der Waals surface area contributed by atoms with Crippen LogP contribution in [0.5, 0.6) is 5.75 Å². The van der Waals surface area contributed by atoms with Gasteiger partial charge in [-0.2, -0.15) is 5.10 Å². The Hall–Kier alpha value is -1.85. The molecule has 1 aliphatic heterocycles. The highest BCUT2D eigenvalue weighted by Gasteiger charge is 2.23. The minimum absolute atomic E-state index is 0.416. The molecule has 1 aromatic carbocycles. The van der Waals surface area contributed by atoms with E-state index in [9.17, 15) is 0 Å². The van der Waals surface area contributed by atoms with Crippen LogP contribution in [-0.2, 0) is 13.0 Å². The van der Waals surface area contributed by atoms with Gasteiger partial charge in [-0.3, -0.25) is 9.58 Å². The van der Waals surface area contributed by atoms with Gasteiger partial charge < -0.3 is 9.64 Å². The standard InChI is InChI=1S/C26H42N4O/c1-7-28(19-26-21(4)27-30(20(2)3)22(26)5)17-24-11-9-14-29(18-24)15-13-23-10-8-12-25(16-23)31-6/h8,10,12,16,20,24H,7,9,11,13-15,17-19H2,1-6H3. The van der Waals surface area contributed by atoms with Gasteiger partial charge in [-0.15, -0.1) is 0 Å². The van der Waals surface area contributed by atoms with E-state index in [4.69, 9.17) is 9.84 Å². The largest absolute Gasteiger partial charge is 0.497 e. The number of hydrogen-bond donors (Lipinski definition) is 0. The molecule has 5 nitrogen and oxygen atoms in total. The second-order valence-electron chi connectivity index (χ2n) is 9.43. The Bertz CT molecular complexity index is 829. The van der Waals surface area contributed by atoms with Crippen molar-refractivity contribution < 1.29 is 4.74 Å². The summed E-state index contributed by atoms with van der Waals surface area (Å²) in [6.07, 6.45) is 3.74. The summed E-state index contributed by atoms with van der Waals surface area (Å²) in [5, 5.41) is 4.79. The van der Waals surface area contributed by atoms with E-state index in [1.54, 1.807) is 7.11 Å². The molecule has 2 aromatic rings. The van der Waals surface area contributed by atoms with Crippen molar-refractivity contribution in [2.45, 2.75) is 66.5 Å². The van der Waals surface area contributed by atoms with Gasteiger partial charge in [0.1, 0.15) is 5.75 Å². The molecule has 1 saturated heterocycles. The highest BCUT2D eigenvalue weighted by atomic mass is 16.5. The number of hydrogen-bond acceptors (Lipinski definition) is 4. The number of aromatic nitrogens is 2. The van der Waals surface area contributed by atoms with E-state index < -0.39 is 0 Å². The van der Waals surface area contributed by atoms with Gasteiger partial charge in [-0.1, -0.05) is 19.1 Å². The van der Waals surface area contributed by atoms with Gasteiger partial charge in [0.15, 0.2) is 0 Å². The molecule has 0 saturated carbocycles. The summed E-state index contributed by atoms with van der Waals surface area (Å²) >= 11 is 0. The Kier molecular flexibility index (Phi) is 8.56. The van der Waals surface area contributed by atoms with Crippen molar-refractivity contribution in [1.82, 2.24) is 19.6 Å². The molecule has 0 aliphatic carbocycles. The van der Waals surface area contributed by atoms with Gasteiger partial charge in [0, 0.05) is 43.5 Å². The molecule has 0 bridgehead atoms. The van der Waals surface area contributed by atoms with Crippen LogP contribution in [0.4, 0.5) is 0 Å². The van der Waals surface area contributed by atoms with E-state index in [-0.39, 0.29) is 0 Å². The van der Waals surface area contributed by atoms with Crippen molar-refractivity contribution in [2.75, 3.05) is 39.8 Å². The molecule has 1 atom stereocenters. The summed E-state index contributed by atoms with van der Waals surface area (Å²) in [5.74, 6) is 1.71.